The van der Waals surface area contributed by atoms with E-state index in [9.17, 15) is 27.6 Å². The van der Waals surface area contributed by atoms with Crippen molar-refractivity contribution in [3.05, 3.63) is 90.3 Å². The second-order valence-electron chi connectivity index (χ2n) is 20.4. The van der Waals surface area contributed by atoms with E-state index < -0.39 is 73.8 Å². The largest absolute Gasteiger partial charge is 0.459 e. The molecule has 0 spiro atoms. The number of benzene rings is 3. The van der Waals surface area contributed by atoms with Gasteiger partial charge in [-0.2, -0.15) is 4.98 Å². The number of carbonyl (C=O) groups is 4. The first-order chi connectivity index (χ1) is 32.8. The van der Waals surface area contributed by atoms with Crippen molar-refractivity contribution in [1.82, 2.24) is 34.8 Å². The van der Waals surface area contributed by atoms with Gasteiger partial charge in [-0.15, -0.1) is 11.3 Å². The van der Waals surface area contributed by atoms with Gasteiger partial charge in [0.25, 0.3) is 11.9 Å². The van der Waals surface area contributed by atoms with Gasteiger partial charge in [-0.1, -0.05) is 85.7 Å². The zero-order chi connectivity index (χ0) is 48.9. The van der Waals surface area contributed by atoms with Crippen LogP contribution in [0.15, 0.2) is 90.3 Å². The molecule has 364 valence electrons. The average Bonchev–Trinajstić information content (AvgIpc) is 3.98. The van der Waals surface area contributed by atoms with Crippen molar-refractivity contribution in [1.29, 1.82) is 0 Å². The van der Waals surface area contributed by atoms with Gasteiger partial charge in [-0.3, -0.25) is 23.7 Å². The van der Waals surface area contributed by atoms with Gasteiger partial charge in [0.15, 0.2) is 0 Å². The lowest BCUT2D eigenvalue weighted by Crippen LogP contribution is -2.58. The molecule has 2 aliphatic heterocycles. The van der Waals surface area contributed by atoms with Crippen LogP contribution in [0.1, 0.15) is 105 Å². The Hall–Kier alpha value is -6.07. The highest BCUT2D eigenvalue weighted by Gasteiger charge is 2.63. The lowest BCUT2D eigenvalue weighted by atomic mass is 10.0. The van der Waals surface area contributed by atoms with Crippen LogP contribution >= 0.6 is 11.3 Å². The molecule has 0 unspecified atom stereocenters. The van der Waals surface area contributed by atoms with Crippen molar-refractivity contribution in [2.45, 2.75) is 139 Å². The van der Waals surface area contributed by atoms with Crippen molar-refractivity contribution in [2.24, 2.45) is 5.92 Å². The number of carbonyl (C=O) groups excluding carboxylic acids is 4. The quantitative estimate of drug-likeness (QED) is 0.114. The summed E-state index contributed by atoms with van der Waals surface area (Å²) in [4.78, 5) is 68.5. The van der Waals surface area contributed by atoms with E-state index >= 15 is 0 Å². The topological polar surface area (TPSA) is 191 Å². The van der Waals surface area contributed by atoms with Gasteiger partial charge in [-0.05, 0) is 103 Å². The Morgan fingerprint density at radius 1 is 0.928 bits per heavy atom. The van der Waals surface area contributed by atoms with Crippen LogP contribution in [0.5, 0.6) is 6.01 Å². The highest BCUT2D eigenvalue weighted by molar-refractivity contribution is 7.91. The second-order valence-corrected chi connectivity index (χ2v) is 23.5. The second kappa shape index (κ2) is 18.7. The SMILES string of the molecule is CC(C)n1c(O[C@@H]2C[C@H]3C(=O)N[C@]4(C(=O)NS(=O)(=O)C5(C)CC5)C[C@H]4C=CCCCCC[C@H](NC(=O)OC(C)(C)C)C(=O)N3C2)nc2c(-c3nc(-c4ccc(-c5ccccc5)cc4)cs3)cccc21. The Morgan fingerprint density at radius 2 is 1.65 bits per heavy atom. The number of hydrogen-bond acceptors (Lipinski definition) is 11. The number of allylic oxidation sites excluding steroid dienone is 1. The maximum Gasteiger partial charge on any atom is 0.408 e. The van der Waals surface area contributed by atoms with E-state index in [4.69, 9.17) is 19.4 Å². The molecular formula is C52H61N7O8S2. The van der Waals surface area contributed by atoms with Gasteiger partial charge >= 0.3 is 6.09 Å². The number of para-hydroxylation sites is 1. The van der Waals surface area contributed by atoms with Gasteiger partial charge in [0, 0.05) is 34.9 Å². The minimum atomic E-state index is -4.02. The van der Waals surface area contributed by atoms with Crippen molar-refractivity contribution >= 4 is 56.2 Å². The summed E-state index contributed by atoms with van der Waals surface area (Å²) in [6.45, 7) is 10.8. The number of imidazole rings is 1. The number of nitrogens with one attached hydrogen (secondary N) is 3. The van der Waals surface area contributed by atoms with E-state index in [2.05, 4.69) is 51.8 Å². The molecule has 4 amide bonds. The molecule has 15 nitrogen and oxygen atoms in total. The predicted molar refractivity (Wildman–Crippen MR) is 266 cm³/mol. The molecule has 0 radical (unpaired) electrons. The summed E-state index contributed by atoms with van der Waals surface area (Å²) >= 11 is 1.52. The summed E-state index contributed by atoms with van der Waals surface area (Å²) in [6, 6.07) is 22.5. The molecule has 5 atom stereocenters. The smallest absolute Gasteiger partial charge is 0.408 e. The number of thiazole rings is 1. The van der Waals surface area contributed by atoms with Gasteiger partial charge in [-0.25, -0.2) is 18.2 Å². The lowest BCUT2D eigenvalue weighted by molar-refractivity contribution is -0.141. The molecule has 4 heterocycles. The van der Waals surface area contributed by atoms with Crippen molar-refractivity contribution < 1.29 is 37.1 Å². The summed E-state index contributed by atoms with van der Waals surface area (Å²) in [5, 5.41) is 8.55. The van der Waals surface area contributed by atoms with Gasteiger partial charge in [0.1, 0.15) is 39.9 Å². The fourth-order valence-corrected chi connectivity index (χ4v) is 11.6. The maximum absolute atomic E-state index is 14.8. The zero-order valence-electron chi connectivity index (χ0n) is 40.0. The molecule has 3 aromatic carbocycles. The fourth-order valence-electron chi connectivity index (χ4n) is 9.39. The molecule has 2 aromatic heterocycles. The first kappa shape index (κ1) is 48.0. The van der Waals surface area contributed by atoms with E-state index in [0.717, 1.165) is 51.3 Å². The molecule has 2 aliphatic carbocycles. The third-order valence-electron chi connectivity index (χ3n) is 13.7. The normalized spacial score (nSPS) is 23.8. The van der Waals surface area contributed by atoms with Crippen LogP contribution < -0.4 is 20.1 Å². The van der Waals surface area contributed by atoms with Crippen LogP contribution in [0.25, 0.3) is 44.0 Å². The van der Waals surface area contributed by atoms with Crippen LogP contribution in [-0.2, 0) is 29.1 Å². The standard InChI is InChI=1S/C52H61N7O8S2/c1-32(2)59-41-21-15-19-38(45-53-40(31-68-45)35-24-22-34(23-25-35)33-16-11-10-12-17-33)43(41)55-48(59)66-37-28-42-44(60)56-52(47(62)57-69(64,65)51(6)26-27-51)29-36(52)18-13-8-7-9-14-20-39(46(61)58(42)30-37)54-49(63)67-50(3,4)5/h10-13,15-19,21-25,31-32,36-37,39,42H,7-9,14,20,26-30H2,1-6H3,(H,54,63)(H,56,60)(H,57,62)/t36-,37-,39+,42+,52-/m1/s1. The van der Waals surface area contributed by atoms with E-state index in [1.165, 1.54) is 16.2 Å². The fraction of sp³-hybridized carbons (Fsp3) is 0.462. The molecule has 3 N–H and O–H groups in total. The van der Waals surface area contributed by atoms with Crippen LogP contribution in [0, 0.1) is 5.92 Å². The molecule has 9 rings (SSSR count). The number of fused-ring (bicyclic) bond motifs is 3. The summed E-state index contributed by atoms with van der Waals surface area (Å²) in [7, 11) is -4.02. The molecule has 5 aromatic rings. The third kappa shape index (κ3) is 10.0. The average molecular weight is 976 g/mol. The molecule has 69 heavy (non-hydrogen) atoms. The Balaban J connectivity index is 1.02. The molecule has 1 saturated heterocycles. The van der Waals surface area contributed by atoms with Crippen molar-refractivity contribution in [2.75, 3.05) is 6.54 Å². The first-order valence-electron chi connectivity index (χ1n) is 24.0. The van der Waals surface area contributed by atoms with Gasteiger partial charge in [0.05, 0.1) is 22.5 Å². The van der Waals surface area contributed by atoms with Crippen LogP contribution in [0.2, 0.25) is 0 Å². The molecule has 4 aliphatic rings. The zero-order valence-corrected chi connectivity index (χ0v) is 41.6. The number of aromatic nitrogens is 3. The number of sulfonamides is 1. The Labute approximate surface area is 407 Å². The molecular weight excluding hydrogens is 915 g/mol. The Bertz CT molecular complexity index is 2900. The Kier molecular flexibility index (Phi) is 13.0. The van der Waals surface area contributed by atoms with E-state index in [1.54, 1.807) is 27.7 Å². The summed E-state index contributed by atoms with van der Waals surface area (Å²) < 4.78 is 42.3. The van der Waals surface area contributed by atoms with E-state index in [1.807, 2.05) is 72.3 Å². The molecule has 2 saturated carbocycles. The highest BCUT2D eigenvalue weighted by Crippen LogP contribution is 2.48. The van der Waals surface area contributed by atoms with Gasteiger partial charge < -0.3 is 25.0 Å². The number of rotatable bonds is 10. The molecule has 0 bridgehead atoms. The monoisotopic (exact) mass is 975 g/mol. The van der Waals surface area contributed by atoms with Gasteiger partial charge in [0.2, 0.25) is 21.8 Å². The molecule has 17 heteroatoms. The van der Waals surface area contributed by atoms with Crippen LogP contribution in [0.4, 0.5) is 4.79 Å². The number of nitrogens with zero attached hydrogens (tertiary/aromatic N) is 4. The highest BCUT2D eigenvalue weighted by atomic mass is 32.2. The first-order valence-corrected chi connectivity index (χ1v) is 26.4. The number of amides is 4. The lowest BCUT2D eigenvalue weighted by Gasteiger charge is -2.30. The summed E-state index contributed by atoms with van der Waals surface area (Å²) in [6.07, 6.45) is 6.53. The van der Waals surface area contributed by atoms with Crippen LogP contribution in [-0.4, -0.2) is 92.3 Å². The maximum atomic E-state index is 14.8. The third-order valence-corrected chi connectivity index (χ3v) is 16.7. The number of hydrogen-bond donors (Lipinski definition) is 3. The van der Waals surface area contributed by atoms with Crippen LogP contribution in [0.3, 0.4) is 0 Å². The Morgan fingerprint density at radius 3 is 2.36 bits per heavy atom. The molecule has 3 fully saturated rings. The minimum absolute atomic E-state index is 0.0262. The van der Waals surface area contributed by atoms with Crippen molar-refractivity contribution in [3.8, 4) is 39.0 Å². The minimum Gasteiger partial charge on any atom is -0.459 e. The number of ether oxygens (including phenoxy) is 2. The summed E-state index contributed by atoms with van der Waals surface area (Å²) in [5.41, 5.74) is 4.05. The summed E-state index contributed by atoms with van der Waals surface area (Å²) in [5.74, 6) is -2.38. The van der Waals surface area contributed by atoms with E-state index in [-0.39, 0.29) is 25.4 Å². The predicted octanol–water partition coefficient (Wildman–Crippen LogP) is 8.71. The van der Waals surface area contributed by atoms with E-state index in [0.29, 0.717) is 43.6 Å². The van der Waals surface area contributed by atoms with Crippen molar-refractivity contribution in [3.63, 3.8) is 0 Å². The number of alkyl carbamates (subject to hydrolysis) is 1.